The molecule has 0 aromatic heterocycles. The zero-order chi connectivity index (χ0) is 12.3. The minimum atomic E-state index is -1.08. The third kappa shape index (κ3) is 2.88. The molecular weight excluding hydrogens is 247 g/mol. The Labute approximate surface area is 104 Å². The summed E-state index contributed by atoms with van der Waals surface area (Å²) >= 11 is 11.5. The lowest BCUT2D eigenvalue weighted by atomic mass is 9.95. The average Bonchev–Trinajstić information content (AvgIpc) is 2.23. The molecule has 1 aromatic carbocycles. The van der Waals surface area contributed by atoms with Crippen molar-refractivity contribution in [3.8, 4) is 6.07 Å². The van der Waals surface area contributed by atoms with E-state index >= 15 is 0 Å². The molecule has 0 radical (unpaired) electrons. The third-order valence-electron chi connectivity index (χ3n) is 2.02. The monoisotopic (exact) mass is 256 g/mol. The van der Waals surface area contributed by atoms with Gasteiger partial charge in [-0.25, -0.2) is 0 Å². The van der Waals surface area contributed by atoms with Crippen LogP contribution in [0, 0.1) is 16.7 Å². The van der Waals surface area contributed by atoms with Gasteiger partial charge in [0.15, 0.2) is 0 Å². The first-order chi connectivity index (χ1) is 7.36. The number of hydrogen-bond donors (Lipinski definition) is 1. The predicted molar refractivity (Wildman–Crippen MR) is 64.5 cm³/mol. The van der Waals surface area contributed by atoms with Crippen LogP contribution in [0.1, 0.15) is 13.8 Å². The fourth-order valence-electron chi connectivity index (χ4n) is 0.912. The first-order valence-electron chi connectivity index (χ1n) is 4.54. The van der Waals surface area contributed by atoms with Crippen molar-refractivity contribution >= 4 is 34.8 Å². The third-order valence-corrected chi connectivity index (χ3v) is 2.76. The lowest BCUT2D eigenvalue weighted by Crippen LogP contribution is -2.29. The van der Waals surface area contributed by atoms with Gasteiger partial charge in [0.2, 0.25) is 5.91 Å². The molecule has 1 aromatic rings. The van der Waals surface area contributed by atoms with Gasteiger partial charge in [0.05, 0.1) is 16.1 Å². The van der Waals surface area contributed by atoms with Gasteiger partial charge in [-0.2, -0.15) is 5.26 Å². The second kappa shape index (κ2) is 4.73. The molecule has 0 aliphatic carbocycles. The lowest BCUT2D eigenvalue weighted by Gasteiger charge is -2.15. The molecule has 1 amide bonds. The number of benzene rings is 1. The van der Waals surface area contributed by atoms with E-state index in [1.165, 1.54) is 6.07 Å². The van der Waals surface area contributed by atoms with Crippen LogP contribution in [0.5, 0.6) is 0 Å². The summed E-state index contributed by atoms with van der Waals surface area (Å²) in [7, 11) is 0. The van der Waals surface area contributed by atoms with Gasteiger partial charge in [0.1, 0.15) is 5.41 Å². The van der Waals surface area contributed by atoms with Gasteiger partial charge < -0.3 is 5.32 Å². The van der Waals surface area contributed by atoms with E-state index in [0.717, 1.165) is 0 Å². The van der Waals surface area contributed by atoms with Gasteiger partial charge in [0, 0.05) is 5.69 Å². The van der Waals surface area contributed by atoms with Crippen LogP contribution in [0.2, 0.25) is 10.0 Å². The Balaban J connectivity index is 2.87. The van der Waals surface area contributed by atoms with Gasteiger partial charge in [-0.05, 0) is 32.0 Å². The summed E-state index contributed by atoms with van der Waals surface area (Å²) in [6, 6.07) is 6.66. The number of rotatable bonds is 2. The van der Waals surface area contributed by atoms with Gasteiger partial charge in [-0.1, -0.05) is 23.2 Å². The zero-order valence-electron chi connectivity index (χ0n) is 8.84. The van der Waals surface area contributed by atoms with Crippen molar-refractivity contribution in [1.29, 1.82) is 5.26 Å². The SMILES string of the molecule is CC(C)(C#N)C(=O)Nc1ccc(Cl)c(Cl)c1. The molecule has 16 heavy (non-hydrogen) atoms. The van der Waals surface area contributed by atoms with E-state index in [1.54, 1.807) is 26.0 Å². The number of nitriles is 1. The van der Waals surface area contributed by atoms with Crippen molar-refractivity contribution in [3.63, 3.8) is 0 Å². The van der Waals surface area contributed by atoms with E-state index < -0.39 is 5.41 Å². The zero-order valence-corrected chi connectivity index (χ0v) is 10.4. The summed E-state index contributed by atoms with van der Waals surface area (Å²) in [6.07, 6.45) is 0. The number of halogens is 2. The fourth-order valence-corrected chi connectivity index (χ4v) is 1.21. The van der Waals surface area contributed by atoms with Crippen molar-refractivity contribution in [3.05, 3.63) is 28.2 Å². The Morgan fingerprint density at radius 1 is 1.38 bits per heavy atom. The molecule has 0 atom stereocenters. The first kappa shape index (κ1) is 12.8. The Morgan fingerprint density at radius 3 is 2.50 bits per heavy atom. The molecule has 0 saturated heterocycles. The second-order valence-corrected chi connectivity index (χ2v) is 4.63. The molecule has 0 heterocycles. The number of amides is 1. The van der Waals surface area contributed by atoms with Gasteiger partial charge in [-0.3, -0.25) is 4.79 Å². The van der Waals surface area contributed by atoms with Crippen LogP contribution >= 0.6 is 23.2 Å². The van der Waals surface area contributed by atoms with Gasteiger partial charge >= 0.3 is 0 Å². The van der Waals surface area contributed by atoms with Crippen LogP contribution in [-0.4, -0.2) is 5.91 Å². The van der Waals surface area contributed by atoms with Crippen molar-refractivity contribution in [1.82, 2.24) is 0 Å². The van der Waals surface area contributed by atoms with Gasteiger partial charge in [-0.15, -0.1) is 0 Å². The molecule has 0 aliphatic heterocycles. The molecule has 0 unspecified atom stereocenters. The van der Waals surface area contributed by atoms with Crippen LogP contribution in [-0.2, 0) is 4.79 Å². The van der Waals surface area contributed by atoms with E-state index in [1.807, 2.05) is 6.07 Å². The summed E-state index contributed by atoms with van der Waals surface area (Å²) in [5.74, 6) is -0.381. The first-order valence-corrected chi connectivity index (χ1v) is 5.30. The van der Waals surface area contributed by atoms with Crippen molar-refractivity contribution in [2.45, 2.75) is 13.8 Å². The minimum Gasteiger partial charge on any atom is -0.325 e. The number of carbonyl (C=O) groups excluding carboxylic acids is 1. The highest BCUT2D eigenvalue weighted by atomic mass is 35.5. The van der Waals surface area contributed by atoms with E-state index in [9.17, 15) is 4.79 Å². The molecule has 5 heteroatoms. The number of hydrogen-bond acceptors (Lipinski definition) is 2. The Morgan fingerprint density at radius 2 is 2.00 bits per heavy atom. The molecular formula is C11H10Cl2N2O. The molecule has 0 spiro atoms. The average molecular weight is 257 g/mol. The Hall–Kier alpha value is -1.24. The molecule has 3 nitrogen and oxygen atoms in total. The largest absolute Gasteiger partial charge is 0.325 e. The van der Waals surface area contributed by atoms with E-state index in [0.29, 0.717) is 15.7 Å². The molecule has 0 bridgehead atoms. The van der Waals surface area contributed by atoms with Crippen molar-refractivity contribution in [2.24, 2.45) is 5.41 Å². The second-order valence-electron chi connectivity index (χ2n) is 3.82. The molecule has 1 N–H and O–H groups in total. The normalized spacial score (nSPS) is 10.7. The number of anilines is 1. The van der Waals surface area contributed by atoms with Crippen molar-refractivity contribution in [2.75, 3.05) is 5.32 Å². The number of nitrogens with zero attached hydrogens (tertiary/aromatic N) is 1. The van der Waals surface area contributed by atoms with Crippen molar-refractivity contribution < 1.29 is 4.79 Å². The maximum absolute atomic E-state index is 11.7. The lowest BCUT2D eigenvalue weighted by molar-refractivity contribution is -0.121. The standard InChI is InChI=1S/C11H10Cl2N2O/c1-11(2,6-14)10(16)15-7-3-4-8(12)9(13)5-7/h3-5H,1-2H3,(H,15,16). The summed E-state index contributed by atoms with van der Waals surface area (Å²) in [5, 5.41) is 12.2. The fraction of sp³-hybridized carbons (Fsp3) is 0.273. The van der Waals surface area contributed by atoms with Crippen LogP contribution in [0.4, 0.5) is 5.69 Å². The van der Waals surface area contributed by atoms with E-state index in [2.05, 4.69) is 5.32 Å². The number of nitrogens with one attached hydrogen (secondary N) is 1. The topological polar surface area (TPSA) is 52.9 Å². The Kier molecular flexibility index (Phi) is 3.79. The molecule has 0 saturated carbocycles. The highest BCUT2D eigenvalue weighted by Crippen LogP contribution is 2.26. The predicted octanol–water partition coefficient (Wildman–Crippen LogP) is 3.48. The van der Waals surface area contributed by atoms with E-state index in [-0.39, 0.29) is 5.91 Å². The summed E-state index contributed by atoms with van der Waals surface area (Å²) < 4.78 is 0. The summed E-state index contributed by atoms with van der Waals surface area (Å²) in [4.78, 5) is 11.7. The van der Waals surface area contributed by atoms with Gasteiger partial charge in [0.25, 0.3) is 0 Å². The highest BCUT2D eigenvalue weighted by molar-refractivity contribution is 6.42. The van der Waals surface area contributed by atoms with Crippen LogP contribution in [0.3, 0.4) is 0 Å². The quantitative estimate of drug-likeness (QED) is 0.881. The molecule has 0 aliphatic rings. The summed E-state index contributed by atoms with van der Waals surface area (Å²) in [6.45, 7) is 3.08. The van der Waals surface area contributed by atoms with E-state index in [4.69, 9.17) is 28.5 Å². The van der Waals surface area contributed by atoms with Crippen LogP contribution < -0.4 is 5.32 Å². The number of carbonyl (C=O) groups is 1. The molecule has 1 rings (SSSR count). The maximum Gasteiger partial charge on any atom is 0.244 e. The minimum absolute atomic E-state index is 0.356. The van der Waals surface area contributed by atoms with Crippen LogP contribution in [0.25, 0.3) is 0 Å². The molecule has 84 valence electrons. The smallest absolute Gasteiger partial charge is 0.244 e. The summed E-state index contributed by atoms with van der Waals surface area (Å²) in [5.41, 5.74) is -0.561. The molecule has 0 fully saturated rings. The maximum atomic E-state index is 11.7. The van der Waals surface area contributed by atoms with Crippen LogP contribution in [0.15, 0.2) is 18.2 Å². The Bertz CT molecular complexity index is 464. The highest BCUT2D eigenvalue weighted by Gasteiger charge is 2.27.